The predicted molar refractivity (Wildman–Crippen MR) is 128 cm³/mol. The summed E-state index contributed by atoms with van der Waals surface area (Å²) in [5, 5.41) is 21.7. The van der Waals surface area contributed by atoms with E-state index in [1.165, 1.54) is 0 Å². The molecule has 8 nitrogen and oxygen atoms in total. The van der Waals surface area contributed by atoms with Crippen LogP contribution in [0.3, 0.4) is 0 Å². The van der Waals surface area contributed by atoms with Crippen LogP contribution in [0.25, 0.3) is 0 Å². The SMILES string of the molecule is Cc1c(C(O)CN2CCN(CC(O)c3ccc4c(c3)CC(C)OC4=O)CC2)ccc2c1COC2=O. The number of aliphatic hydroxyl groups excluding tert-OH is 2. The van der Waals surface area contributed by atoms with E-state index >= 15 is 0 Å². The Labute approximate surface area is 205 Å². The molecule has 0 amide bonds. The number of cyclic esters (lactones) is 2. The van der Waals surface area contributed by atoms with Crippen LogP contribution in [-0.2, 0) is 22.5 Å². The molecular weight excluding hydrogens is 448 g/mol. The van der Waals surface area contributed by atoms with Crippen molar-refractivity contribution in [2.45, 2.75) is 45.2 Å². The van der Waals surface area contributed by atoms with E-state index in [-0.39, 0.29) is 24.6 Å². The fourth-order valence-electron chi connectivity index (χ4n) is 5.36. The molecule has 2 aromatic carbocycles. The molecule has 8 heteroatoms. The number of hydrogen-bond acceptors (Lipinski definition) is 8. The number of fused-ring (bicyclic) bond motifs is 2. The minimum absolute atomic E-state index is 0.151. The van der Waals surface area contributed by atoms with Crippen molar-refractivity contribution in [1.29, 1.82) is 0 Å². The average Bonchev–Trinajstić information content (AvgIpc) is 3.21. The third-order valence-electron chi connectivity index (χ3n) is 7.44. The van der Waals surface area contributed by atoms with Gasteiger partial charge in [0.2, 0.25) is 0 Å². The molecule has 0 radical (unpaired) electrons. The fraction of sp³-hybridized carbons (Fsp3) is 0.481. The largest absolute Gasteiger partial charge is 0.459 e. The number of β-amino-alcohol motifs (C(OH)–C–C–N with tert-alkyl or cyclic N) is 2. The van der Waals surface area contributed by atoms with Crippen molar-refractivity contribution in [2.24, 2.45) is 0 Å². The molecule has 0 bridgehead atoms. The van der Waals surface area contributed by atoms with Crippen molar-refractivity contribution in [3.05, 3.63) is 69.3 Å². The summed E-state index contributed by atoms with van der Waals surface area (Å²) in [5.74, 6) is -0.593. The molecule has 0 aliphatic carbocycles. The van der Waals surface area contributed by atoms with Gasteiger partial charge in [-0.3, -0.25) is 9.80 Å². The van der Waals surface area contributed by atoms with Gasteiger partial charge in [-0.25, -0.2) is 9.59 Å². The molecule has 3 aliphatic rings. The van der Waals surface area contributed by atoms with Gasteiger partial charge in [-0.1, -0.05) is 18.2 Å². The van der Waals surface area contributed by atoms with Crippen LogP contribution in [0.4, 0.5) is 0 Å². The summed E-state index contributed by atoms with van der Waals surface area (Å²) in [5.41, 5.74) is 5.57. The number of ether oxygens (including phenoxy) is 2. The zero-order chi connectivity index (χ0) is 24.7. The molecule has 1 saturated heterocycles. The third kappa shape index (κ3) is 4.84. The van der Waals surface area contributed by atoms with Gasteiger partial charge in [-0.15, -0.1) is 0 Å². The maximum Gasteiger partial charge on any atom is 0.338 e. The quantitative estimate of drug-likeness (QED) is 0.607. The first kappa shape index (κ1) is 23.9. The van der Waals surface area contributed by atoms with Crippen molar-refractivity contribution in [3.8, 4) is 0 Å². The number of piperazine rings is 1. The second kappa shape index (κ2) is 9.70. The number of nitrogens with zero attached hydrogens (tertiary/aromatic N) is 2. The van der Waals surface area contributed by atoms with Crippen molar-refractivity contribution in [2.75, 3.05) is 39.3 Å². The van der Waals surface area contributed by atoms with Gasteiger partial charge in [0.15, 0.2) is 0 Å². The van der Waals surface area contributed by atoms with Crippen LogP contribution in [0.5, 0.6) is 0 Å². The molecule has 3 heterocycles. The number of benzene rings is 2. The lowest BCUT2D eigenvalue weighted by Gasteiger charge is -2.36. The second-order valence-corrected chi connectivity index (χ2v) is 9.85. The highest BCUT2D eigenvalue weighted by atomic mass is 16.5. The van der Waals surface area contributed by atoms with Crippen molar-refractivity contribution in [1.82, 2.24) is 9.80 Å². The molecule has 3 atom stereocenters. The minimum Gasteiger partial charge on any atom is -0.459 e. The maximum atomic E-state index is 12.0. The number of aliphatic hydroxyl groups is 2. The second-order valence-electron chi connectivity index (χ2n) is 9.85. The monoisotopic (exact) mass is 480 g/mol. The lowest BCUT2D eigenvalue weighted by molar-refractivity contribution is 0.0299. The molecule has 2 N–H and O–H groups in total. The van der Waals surface area contributed by atoms with E-state index in [1.54, 1.807) is 12.1 Å². The molecule has 2 aromatic rings. The number of esters is 2. The van der Waals surface area contributed by atoms with E-state index in [9.17, 15) is 19.8 Å². The number of hydrogen-bond donors (Lipinski definition) is 2. The Morgan fingerprint density at radius 3 is 2.31 bits per heavy atom. The first-order valence-electron chi connectivity index (χ1n) is 12.2. The Hall–Kier alpha value is -2.78. The van der Waals surface area contributed by atoms with Crippen molar-refractivity contribution in [3.63, 3.8) is 0 Å². The van der Waals surface area contributed by atoms with E-state index in [2.05, 4.69) is 9.80 Å². The first-order valence-corrected chi connectivity index (χ1v) is 12.2. The van der Waals surface area contributed by atoms with Crippen molar-refractivity contribution < 1.29 is 29.3 Å². The Morgan fingerprint density at radius 1 is 0.943 bits per heavy atom. The smallest absolute Gasteiger partial charge is 0.338 e. The summed E-state index contributed by atoms with van der Waals surface area (Å²) in [4.78, 5) is 28.3. The fourth-order valence-corrected chi connectivity index (χ4v) is 5.36. The summed E-state index contributed by atoms with van der Waals surface area (Å²) < 4.78 is 10.4. The normalized spacial score (nSPS) is 22.2. The lowest BCUT2D eigenvalue weighted by atomic mass is 9.95. The summed E-state index contributed by atoms with van der Waals surface area (Å²) in [6.07, 6.45) is -0.764. The zero-order valence-corrected chi connectivity index (χ0v) is 20.2. The van der Waals surface area contributed by atoms with Crippen LogP contribution in [0, 0.1) is 6.92 Å². The molecule has 0 saturated carbocycles. The van der Waals surface area contributed by atoms with Crippen LogP contribution in [0.2, 0.25) is 0 Å². The van der Waals surface area contributed by atoms with Gasteiger partial charge in [-0.05, 0) is 48.2 Å². The van der Waals surface area contributed by atoms with Crippen molar-refractivity contribution >= 4 is 11.9 Å². The highest BCUT2D eigenvalue weighted by Crippen LogP contribution is 2.30. The Morgan fingerprint density at radius 2 is 1.60 bits per heavy atom. The van der Waals surface area contributed by atoms with Gasteiger partial charge in [-0.2, -0.15) is 0 Å². The van der Waals surface area contributed by atoms with Gasteiger partial charge in [0.1, 0.15) is 12.7 Å². The molecule has 1 fully saturated rings. The van der Waals surface area contributed by atoms with Crippen LogP contribution in [-0.4, -0.2) is 77.3 Å². The molecule has 3 aliphatic heterocycles. The topological polar surface area (TPSA) is 99.5 Å². The Bertz CT molecular complexity index is 1140. The maximum absolute atomic E-state index is 12.0. The standard InChI is InChI=1S/C27H32N2O6/c1-16-11-19-12-18(3-4-21(19)27(33)35-16)24(30)13-28-7-9-29(10-8-28)14-25(31)20-5-6-22-23(17(20)2)15-34-26(22)32/h3-6,12,16,24-25,30-31H,7-11,13-15H2,1-2H3. The Balaban J connectivity index is 1.15. The number of carbonyl (C=O) groups excluding carboxylic acids is 2. The summed E-state index contributed by atoms with van der Waals surface area (Å²) in [6.45, 7) is 8.30. The molecule has 0 aromatic heterocycles. The van der Waals surface area contributed by atoms with Crippen LogP contribution in [0.1, 0.15) is 67.7 Å². The van der Waals surface area contributed by atoms with Gasteiger partial charge in [0.05, 0.1) is 23.3 Å². The average molecular weight is 481 g/mol. The molecule has 186 valence electrons. The molecule has 3 unspecified atom stereocenters. The van der Waals surface area contributed by atoms with E-state index in [4.69, 9.17) is 9.47 Å². The van der Waals surface area contributed by atoms with Crippen LogP contribution < -0.4 is 0 Å². The predicted octanol–water partition coefficient (Wildman–Crippen LogP) is 2.15. The van der Waals surface area contributed by atoms with E-state index in [0.717, 1.165) is 54.0 Å². The number of carbonyl (C=O) groups is 2. The first-order chi connectivity index (χ1) is 16.8. The molecular formula is C27H32N2O6. The molecule has 5 rings (SSSR count). The van der Waals surface area contributed by atoms with Gasteiger partial charge in [0.25, 0.3) is 0 Å². The minimum atomic E-state index is -0.641. The van der Waals surface area contributed by atoms with E-state index < -0.39 is 12.2 Å². The van der Waals surface area contributed by atoms with Gasteiger partial charge < -0.3 is 19.7 Å². The van der Waals surface area contributed by atoms with Gasteiger partial charge in [0, 0.05) is 51.3 Å². The lowest BCUT2D eigenvalue weighted by Crippen LogP contribution is -2.48. The molecule has 35 heavy (non-hydrogen) atoms. The van der Waals surface area contributed by atoms with Crippen LogP contribution in [0.15, 0.2) is 30.3 Å². The Kier molecular flexibility index (Phi) is 6.63. The van der Waals surface area contributed by atoms with Gasteiger partial charge >= 0.3 is 11.9 Å². The van der Waals surface area contributed by atoms with E-state index in [0.29, 0.717) is 30.6 Å². The van der Waals surface area contributed by atoms with Crippen LogP contribution >= 0.6 is 0 Å². The zero-order valence-electron chi connectivity index (χ0n) is 20.2. The highest BCUT2D eigenvalue weighted by molar-refractivity contribution is 5.94. The summed E-state index contributed by atoms with van der Waals surface area (Å²) in [7, 11) is 0. The highest BCUT2D eigenvalue weighted by Gasteiger charge is 2.28. The molecule has 0 spiro atoms. The third-order valence-corrected chi connectivity index (χ3v) is 7.44. The van der Waals surface area contributed by atoms with E-state index in [1.807, 2.05) is 32.0 Å². The summed E-state index contributed by atoms with van der Waals surface area (Å²) >= 11 is 0. The summed E-state index contributed by atoms with van der Waals surface area (Å²) in [6, 6.07) is 9.08. The number of rotatable bonds is 6.